The van der Waals surface area contributed by atoms with Gasteiger partial charge in [-0.2, -0.15) is 0 Å². The van der Waals surface area contributed by atoms with Crippen molar-refractivity contribution >= 4 is 12.0 Å². The molecule has 1 aliphatic rings. The van der Waals surface area contributed by atoms with Gasteiger partial charge < -0.3 is 20.1 Å². The van der Waals surface area contributed by atoms with E-state index in [1.54, 1.807) is 14.0 Å². The molecule has 1 aromatic carbocycles. The van der Waals surface area contributed by atoms with E-state index in [-0.39, 0.29) is 18.7 Å². The second kappa shape index (κ2) is 6.98. The minimum atomic E-state index is -0.423. The molecule has 0 aromatic heterocycles. The van der Waals surface area contributed by atoms with E-state index in [1.165, 1.54) is 0 Å². The van der Waals surface area contributed by atoms with Crippen molar-refractivity contribution in [2.75, 3.05) is 7.11 Å². The number of carbonyl (C=O) groups excluding carboxylic acids is 2. The van der Waals surface area contributed by atoms with E-state index in [0.29, 0.717) is 17.7 Å². The van der Waals surface area contributed by atoms with Crippen LogP contribution in [0.15, 0.2) is 35.5 Å². The molecule has 0 aliphatic carbocycles. The zero-order valence-electron chi connectivity index (χ0n) is 12.9. The van der Waals surface area contributed by atoms with Crippen LogP contribution in [0.3, 0.4) is 0 Å². The molecule has 0 spiro atoms. The quantitative estimate of drug-likeness (QED) is 0.817. The number of carbonyl (C=O) groups is 2. The standard InChI is InChI=1S/C16H20N2O4/c1-4-13-14(10(2)17-16(20)18-13)15(19)22-9-11-5-7-12(21-3)8-6-11/h5-8,13H,4,9H2,1-3H3,(H2,17,18,20). The Morgan fingerprint density at radius 2 is 1.95 bits per heavy atom. The molecule has 0 radical (unpaired) electrons. The van der Waals surface area contributed by atoms with Gasteiger partial charge >= 0.3 is 12.0 Å². The third kappa shape index (κ3) is 3.58. The maximum atomic E-state index is 12.3. The summed E-state index contributed by atoms with van der Waals surface area (Å²) in [4.78, 5) is 23.7. The molecular formula is C16H20N2O4. The van der Waals surface area contributed by atoms with Crippen LogP contribution in [0.4, 0.5) is 4.79 Å². The number of allylic oxidation sites excluding steroid dienone is 1. The van der Waals surface area contributed by atoms with Crippen LogP contribution in [0, 0.1) is 0 Å². The number of rotatable bonds is 5. The smallest absolute Gasteiger partial charge is 0.338 e. The van der Waals surface area contributed by atoms with Gasteiger partial charge in [0.2, 0.25) is 0 Å². The van der Waals surface area contributed by atoms with Crippen molar-refractivity contribution in [3.63, 3.8) is 0 Å². The van der Waals surface area contributed by atoms with Crippen molar-refractivity contribution in [2.45, 2.75) is 32.9 Å². The summed E-state index contributed by atoms with van der Waals surface area (Å²) in [6, 6.07) is 6.68. The normalized spacial score (nSPS) is 17.6. The van der Waals surface area contributed by atoms with E-state index in [2.05, 4.69) is 10.6 Å². The molecule has 1 aliphatic heterocycles. The van der Waals surface area contributed by atoms with Crippen molar-refractivity contribution < 1.29 is 19.1 Å². The van der Waals surface area contributed by atoms with Gasteiger partial charge in [0.1, 0.15) is 12.4 Å². The Bertz CT molecular complexity index is 593. The molecule has 0 saturated heterocycles. The molecule has 2 N–H and O–H groups in total. The van der Waals surface area contributed by atoms with Gasteiger partial charge in [-0.15, -0.1) is 0 Å². The van der Waals surface area contributed by atoms with E-state index in [9.17, 15) is 9.59 Å². The van der Waals surface area contributed by atoms with Crippen LogP contribution in [-0.2, 0) is 16.1 Å². The van der Waals surface area contributed by atoms with Gasteiger partial charge in [-0.25, -0.2) is 9.59 Å². The van der Waals surface area contributed by atoms with Gasteiger partial charge in [0, 0.05) is 5.70 Å². The first-order valence-corrected chi connectivity index (χ1v) is 7.13. The molecule has 118 valence electrons. The molecule has 0 bridgehead atoms. The lowest BCUT2D eigenvalue weighted by atomic mass is 10.0. The average Bonchev–Trinajstić information content (AvgIpc) is 2.52. The summed E-state index contributed by atoms with van der Waals surface area (Å²) < 4.78 is 10.4. The number of amides is 2. The third-order valence-electron chi connectivity index (χ3n) is 3.52. The fourth-order valence-electron chi connectivity index (χ4n) is 2.32. The highest BCUT2D eigenvalue weighted by molar-refractivity contribution is 5.94. The summed E-state index contributed by atoms with van der Waals surface area (Å²) >= 11 is 0. The van der Waals surface area contributed by atoms with Crippen molar-refractivity contribution in [3.05, 3.63) is 41.1 Å². The number of nitrogens with one attached hydrogen (secondary N) is 2. The van der Waals surface area contributed by atoms with Crippen LogP contribution in [0.2, 0.25) is 0 Å². The first-order chi connectivity index (χ1) is 10.5. The zero-order chi connectivity index (χ0) is 16.1. The summed E-state index contributed by atoms with van der Waals surface area (Å²) in [7, 11) is 1.60. The second-order valence-corrected chi connectivity index (χ2v) is 5.02. The van der Waals surface area contributed by atoms with Gasteiger partial charge in [-0.1, -0.05) is 19.1 Å². The number of urea groups is 1. The van der Waals surface area contributed by atoms with Crippen LogP contribution >= 0.6 is 0 Å². The molecular weight excluding hydrogens is 284 g/mol. The van der Waals surface area contributed by atoms with Crippen LogP contribution in [0.25, 0.3) is 0 Å². The van der Waals surface area contributed by atoms with Crippen molar-refractivity contribution in [3.8, 4) is 5.75 Å². The number of hydrogen-bond donors (Lipinski definition) is 2. The second-order valence-electron chi connectivity index (χ2n) is 5.02. The molecule has 6 nitrogen and oxygen atoms in total. The van der Waals surface area contributed by atoms with Gasteiger partial charge in [0.15, 0.2) is 0 Å². The number of hydrogen-bond acceptors (Lipinski definition) is 4. The molecule has 22 heavy (non-hydrogen) atoms. The highest BCUT2D eigenvalue weighted by atomic mass is 16.5. The minimum absolute atomic E-state index is 0.171. The van der Waals surface area contributed by atoms with E-state index in [1.807, 2.05) is 31.2 Å². The SMILES string of the molecule is CCC1NC(=O)NC(C)=C1C(=O)OCc1ccc(OC)cc1. The molecule has 1 heterocycles. The topological polar surface area (TPSA) is 76.7 Å². The van der Waals surface area contributed by atoms with Crippen LogP contribution < -0.4 is 15.4 Å². The Hall–Kier alpha value is -2.50. The Morgan fingerprint density at radius 1 is 1.27 bits per heavy atom. The van der Waals surface area contributed by atoms with E-state index in [0.717, 1.165) is 11.3 Å². The third-order valence-corrected chi connectivity index (χ3v) is 3.52. The predicted octanol–water partition coefficient (Wildman–Crippen LogP) is 2.10. The van der Waals surface area contributed by atoms with E-state index >= 15 is 0 Å². The molecule has 1 unspecified atom stereocenters. The largest absolute Gasteiger partial charge is 0.497 e. The molecule has 0 fully saturated rings. The summed E-state index contributed by atoms with van der Waals surface area (Å²) in [6.45, 7) is 3.77. The number of methoxy groups -OCH3 is 1. The predicted molar refractivity (Wildman–Crippen MR) is 81.2 cm³/mol. The van der Waals surface area contributed by atoms with Crippen molar-refractivity contribution in [1.82, 2.24) is 10.6 Å². The van der Waals surface area contributed by atoms with E-state index < -0.39 is 5.97 Å². The van der Waals surface area contributed by atoms with Gasteiger partial charge in [0.25, 0.3) is 0 Å². The lowest BCUT2D eigenvalue weighted by Gasteiger charge is -2.26. The molecule has 2 rings (SSSR count). The lowest BCUT2D eigenvalue weighted by Crippen LogP contribution is -2.49. The number of benzene rings is 1. The number of ether oxygens (including phenoxy) is 2. The molecule has 0 saturated carbocycles. The van der Waals surface area contributed by atoms with Crippen LogP contribution in [0.5, 0.6) is 5.75 Å². The van der Waals surface area contributed by atoms with Gasteiger partial charge in [-0.05, 0) is 31.0 Å². The zero-order valence-corrected chi connectivity index (χ0v) is 12.9. The maximum Gasteiger partial charge on any atom is 0.338 e. The molecule has 2 amide bonds. The maximum absolute atomic E-state index is 12.3. The highest BCUT2D eigenvalue weighted by Gasteiger charge is 2.29. The summed E-state index contributed by atoms with van der Waals surface area (Å²) in [6.07, 6.45) is 0.623. The van der Waals surface area contributed by atoms with Gasteiger partial charge in [-0.3, -0.25) is 0 Å². The van der Waals surface area contributed by atoms with Gasteiger partial charge in [0.05, 0.1) is 18.7 Å². The van der Waals surface area contributed by atoms with Crippen molar-refractivity contribution in [1.29, 1.82) is 0 Å². The fourth-order valence-corrected chi connectivity index (χ4v) is 2.32. The lowest BCUT2D eigenvalue weighted by molar-refractivity contribution is -0.140. The average molecular weight is 304 g/mol. The Labute approximate surface area is 129 Å². The summed E-state index contributed by atoms with van der Waals surface area (Å²) in [5, 5.41) is 5.32. The Morgan fingerprint density at radius 3 is 2.55 bits per heavy atom. The molecule has 1 atom stereocenters. The Balaban J connectivity index is 2.04. The summed E-state index contributed by atoms with van der Waals surface area (Å²) in [5.74, 6) is 0.325. The van der Waals surface area contributed by atoms with E-state index in [4.69, 9.17) is 9.47 Å². The van der Waals surface area contributed by atoms with Crippen molar-refractivity contribution in [2.24, 2.45) is 0 Å². The monoisotopic (exact) mass is 304 g/mol. The van der Waals surface area contributed by atoms with Crippen LogP contribution in [0.1, 0.15) is 25.8 Å². The summed E-state index contributed by atoms with van der Waals surface area (Å²) in [5.41, 5.74) is 1.87. The minimum Gasteiger partial charge on any atom is -0.497 e. The van der Waals surface area contributed by atoms with Crippen LogP contribution in [-0.4, -0.2) is 25.2 Å². The highest BCUT2D eigenvalue weighted by Crippen LogP contribution is 2.18. The molecule has 1 aromatic rings. The number of esters is 1. The molecule has 6 heteroatoms. The fraction of sp³-hybridized carbons (Fsp3) is 0.375. The Kier molecular flexibility index (Phi) is 5.04. The first-order valence-electron chi connectivity index (χ1n) is 7.13. The first kappa shape index (κ1) is 15.9.